The molecule has 0 spiro atoms. The zero-order valence-electron chi connectivity index (χ0n) is 12.6. The molecular formula is C14H35N5. The summed E-state index contributed by atoms with van der Waals surface area (Å²) in [5, 5.41) is 3.36. The van der Waals surface area contributed by atoms with E-state index in [0.29, 0.717) is 6.54 Å². The van der Waals surface area contributed by atoms with E-state index in [-0.39, 0.29) is 0 Å². The molecule has 116 valence electrons. The van der Waals surface area contributed by atoms with Crippen molar-refractivity contribution < 1.29 is 0 Å². The van der Waals surface area contributed by atoms with Gasteiger partial charge < -0.3 is 27.4 Å². The summed E-state index contributed by atoms with van der Waals surface area (Å²) in [5.74, 6) is 0. The maximum Gasteiger partial charge on any atom is 0.0107 e. The van der Waals surface area contributed by atoms with E-state index in [4.69, 9.17) is 17.2 Å². The molecule has 19 heavy (non-hydrogen) atoms. The number of unbranched alkanes of at least 4 members (excludes halogenated alkanes) is 4. The molecular weight excluding hydrogens is 238 g/mol. The Morgan fingerprint density at radius 2 is 1.16 bits per heavy atom. The summed E-state index contributed by atoms with van der Waals surface area (Å²) in [7, 11) is 0. The lowest BCUT2D eigenvalue weighted by Gasteiger charge is -2.22. The minimum atomic E-state index is 0.715. The Morgan fingerprint density at radius 3 is 1.63 bits per heavy atom. The Bertz CT molecular complexity index is 137. The van der Waals surface area contributed by atoms with Crippen LogP contribution in [0, 0.1) is 0 Å². The first-order chi connectivity index (χ1) is 9.35. The highest BCUT2D eigenvalue weighted by Crippen LogP contribution is 2.02. The molecule has 0 rings (SSSR count). The molecule has 0 unspecified atom stereocenters. The second-order valence-electron chi connectivity index (χ2n) is 5.08. The Balaban J connectivity index is 3.66. The van der Waals surface area contributed by atoms with Gasteiger partial charge in [-0.25, -0.2) is 0 Å². The van der Waals surface area contributed by atoms with Crippen molar-refractivity contribution in [2.24, 2.45) is 17.2 Å². The van der Waals surface area contributed by atoms with E-state index in [1.54, 1.807) is 0 Å². The van der Waals surface area contributed by atoms with Gasteiger partial charge in [0.25, 0.3) is 0 Å². The molecule has 0 saturated carbocycles. The monoisotopic (exact) mass is 273 g/mol. The summed E-state index contributed by atoms with van der Waals surface area (Å²) in [6, 6.07) is 0. The summed E-state index contributed by atoms with van der Waals surface area (Å²) in [4.78, 5) is 2.55. The molecule has 0 heterocycles. The molecule has 0 aliphatic rings. The standard InChI is InChI=1S/C14H35N5/c15-7-3-1-5-12-19(13-6-2-4-8-16)14-11-18-10-9-17/h18H,1-17H2. The van der Waals surface area contributed by atoms with Crippen molar-refractivity contribution in [1.82, 2.24) is 10.2 Å². The molecule has 0 bridgehead atoms. The third-order valence-corrected chi connectivity index (χ3v) is 3.28. The summed E-state index contributed by atoms with van der Waals surface area (Å²) < 4.78 is 0. The van der Waals surface area contributed by atoms with E-state index >= 15 is 0 Å². The van der Waals surface area contributed by atoms with Crippen LogP contribution in [0.5, 0.6) is 0 Å². The van der Waals surface area contributed by atoms with Crippen molar-refractivity contribution in [3.8, 4) is 0 Å². The van der Waals surface area contributed by atoms with Gasteiger partial charge in [-0.2, -0.15) is 0 Å². The molecule has 5 nitrogen and oxygen atoms in total. The third-order valence-electron chi connectivity index (χ3n) is 3.28. The fourth-order valence-corrected chi connectivity index (χ4v) is 2.11. The van der Waals surface area contributed by atoms with E-state index in [9.17, 15) is 0 Å². The highest BCUT2D eigenvalue weighted by molar-refractivity contribution is 4.61. The predicted octanol–water partition coefficient (Wildman–Crippen LogP) is 0.0947. The fourth-order valence-electron chi connectivity index (χ4n) is 2.11. The van der Waals surface area contributed by atoms with E-state index < -0.39 is 0 Å². The van der Waals surface area contributed by atoms with E-state index in [1.165, 1.54) is 38.8 Å². The second kappa shape index (κ2) is 15.9. The number of hydrogen-bond acceptors (Lipinski definition) is 5. The lowest BCUT2D eigenvalue weighted by Crippen LogP contribution is -2.35. The van der Waals surface area contributed by atoms with Gasteiger partial charge in [-0.15, -0.1) is 0 Å². The maximum atomic E-state index is 5.53. The van der Waals surface area contributed by atoms with Crippen LogP contribution >= 0.6 is 0 Å². The van der Waals surface area contributed by atoms with Crippen LogP contribution in [-0.2, 0) is 0 Å². The van der Waals surface area contributed by atoms with Gasteiger partial charge in [0, 0.05) is 26.2 Å². The molecule has 0 aliphatic heterocycles. The van der Waals surface area contributed by atoms with Crippen LogP contribution in [-0.4, -0.2) is 57.3 Å². The molecule has 0 saturated heterocycles. The second-order valence-corrected chi connectivity index (χ2v) is 5.08. The highest BCUT2D eigenvalue weighted by atomic mass is 15.1. The quantitative estimate of drug-likeness (QED) is 0.317. The number of nitrogens with zero attached hydrogens (tertiary/aromatic N) is 1. The smallest absolute Gasteiger partial charge is 0.0107 e. The molecule has 0 atom stereocenters. The van der Waals surface area contributed by atoms with Gasteiger partial charge in [-0.05, 0) is 51.9 Å². The Kier molecular flexibility index (Phi) is 15.7. The summed E-state index contributed by atoms with van der Waals surface area (Å²) in [6.45, 7) is 7.78. The first-order valence-electron chi connectivity index (χ1n) is 7.88. The van der Waals surface area contributed by atoms with Gasteiger partial charge in [0.1, 0.15) is 0 Å². The van der Waals surface area contributed by atoms with E-state index in [2.05, 4.69) is 10.2 Å². The maximum absolute atomic E-state index is 5.53. The molecule has 0 aromatic heterocycles. The van der Waals surface area contributed by atoms with Crippen molar-refractivity contribution in [3.05, 3.63) is 0 Å². The predicted molar refractivity (Wildman–Crippen MR) is 84.2 cm³/mol. The lowest BCUT2D eigenvalue weighted by atomic mass is 10.2. The third kappa shape index (κ3) is 14.0. The minimum Gasteiger partial charge on any atom is -0.330 e. The van der Waals surface area contributed by atoms with Gasteiger partial charge in [0.15, 0.2) is 0 Å². The minimum absolute atomic E-state index is 0.715. The molecule has 0 radical (unpaired) electrons. The number of nitrogens with one attached hydrogen (secondary N) is 1. The van der Waals surface area contributed by atoms with Crippen molar-refractivity contribution in [3.63, 3.8) is 0 Å². The van der Waals surface area contributed by atoms with Crippen molar-refractivity contribution in [1.29, 1.82) is 0 Å². The first-order valence-corrected chi connectivity index (χ1v) is 7.88. The zero-order valence-corrected chi connectivity index (χ0v) is 12.6. The lowest BCUT2D eigenvalue weighted by molar-refractivity contribution is 0.261. The van der Waals surface area contributed by atoms with Gasteiger partial charge in [-0.3, -0.25) is 0 Å². The van der Waals surface area contributed by atoms with Gasteiger partial charge in [0.2, 0.25) is 0 Å². The van der Waals surface area contributed by atoms with Crippen LogP contribution < -0.4 is 22.5 Å². The molecule has 0 aromatic carbocycles. The average Bonchev–Trinajstić information content (AvgIpc) is 2.43. The molecule has 0 aromatic rings. The molecule has 0 amide bonds. The molecule has 7 N–H and O–H groups in total. The molecule has 0 fully saturated rings. The van der Waals surface area contributed by atoms with Crippen LogP contribution in [0.3, 0.4) is 0 Å². The van der Waals surface area contributed by atoms with Gasteiger partial charge >= 0.3 is 0 Å². The van der Waals surface area contributed by atoms with Crippen molar-refractivity contribution in [2.45, 2.75) is 38.5 Å². The summed E-state index contributed by atoms with van der Waals surface area (Å²) >= 11 is 0. The normalized spacial score (nSPS) is 11.4. The van der Waals surface area contributed by atoms with Crippen molar-refractivity contribution in [2.75, 3.05) is 52.4 Å². The van der Waals surface area contributed by atoms with Gasteiger partial charge in [-0.1, -0.05) is 12.8 Å². The molecule has 5 heteroatoms. The number of rotatable bonds is 15. The van der Waals surface area contributed by atoms with E-state index in [1.807, 2.05) is 0 Å². The average molecular weight is 273 g/mol. The summed E-state index contributed by atoms with van der Waals surface area (Å²) in [6.07, 6.45) is 7.28. The van der Waals surface area contributed by atoms with Crippen molar-refractivity contribution >= 4 is 0 Å². The highest BCUT2D eigenvalue weighted by Gasteiger charge is 2.04. The van der Waals surface area contributed by atoms with Gasteiger partial charge in [0.05, 0.1) is 0 Å². The Hall–Kier alpha value is -0.200. The topological polar surface area (TPSA) is 93.3 Å². The summed E-state index contributed by atoms with van der Waals surface area (Å²) in [5.41, 5.74) is 16.5. The fraction of sp³-hybridized carbons (Fsp3) is 1.00. The van der Waals surface area contributed by atoms with Crippen LogP contribution in [0.4, 0.5) is 0 Å². The van der Waals surface area contributed by atoms with Crippen LogP contribution in [0.1, 0.15) is 38.5 Å². The Morgan fingerprint density at radius 1 is 0.579 bits per heavy atom. The Labute approximate surface area is 119 Å². The van der Waals surface area contributed by atoms with Crippen LogP contribution in [0.2, 0.25) is 0 Å². The SMILES string of the molecule is NCCCCCN(CCCCCN)CCNCCN. The zero-order chi connectivity index (χ0) is 14.2. The number of nitrogens with two attached hydrogens (primary N) is 3. The largest absolute Gasteiger partial charge is 0.330 e. The van der Waals surface area contributed by atoms with E-state index in [0.717, 1.165) is 45.6 Å². The first kappa shape index (κ1) is 18.8. The molecule has 0 aliphatic carbocycles. The van der Waals surface area contributed by atoms with Crippen LogP contribution in [0.25, 0.3) is 0 Å². The number of hydrogen-bond donors (Lipinski definition) is 4. The van der Waals surface area contributed by atoms with Crippen LogP contribution in [0.15, 0.2) is 0 Å².